The molecule has 0 unspecified atom stereocenters. The number of oxime groups is 1. The van der Waals surface area contributed by atoms with E-state index >= 15 is 0 Å². The van der Waals surface area contributed by atoms with Gasteiger partial charge >= 0.3 is 0 Å². The summed E-state index contributed by atoms with van der Waals surface area (Å²) in [5, 5.41) is 12.4. The molecule has 1 aliphatic heterocycles. The zero-order chi connectivity index (χ0) is 20.0. The van der Waals surface area contributed by atoms with Crippen LogP contribution in [0.2, 0.25) is 0 Å². The molecule has 27 heavy (non-hydrogen) atoms. The van der Waals surface area contributed by atoms with Gasteiger partial charge in [0.25, 0.3) is 5.91 Å². The zero-order valence-electron chi connectivity index (χ0n) is 13.9. The highest BCUT2D eigenvalue weighted by molar-refractivity contribution is 8.00. The highest BCUT2D eigenvalue weighted by Crippen LogP contribution is 2.20. The number of thioether (sulfide) groups is 1. The largest absolute Gasteiger partial charge is 0.398 e. The minimum atomic E-state index is -0.863. The number of anilines is 1. The van der Waals surface area contributed by atoms with Crippen LogP contribution >= 0.6 is 34.7 Å². The Balaban J connectivity index is 2.07. The number of hydrogen-bond acceptors (Lipinski definition) is 9. The molecule has 4 amide bonds. The number of carbonyl (C=O) groups is 4. The van der Waals surface area contributed by atoms with Crippen LogP contribution in [0.15, 0.2) is 10.5 Å². The lowest BCUT2D eigenvalue weighted by Crippen LogP contribution is -2.68. The van der Waals surface area contributed by atoms with Crippen LogP contribution in [-0.2, 0) is 24.0 Å². The molecule has 0 bridgehead atoms. The molecule has 2 heterocycles. The molecule has 0 spiro atoms. The number of nitrogens with two attached hydrogens (primary N) is 1. The number of aromatic nitrogens is 1. The number of amides is 4. The van der Waals surface area contributed by atoms with Crippen molar-refractivity contribution >= 4 is 69.2 Å². The normalized spacial score (nSPS) is 18.9. The van der Waals surface area contributed by atoms with Crippen molar-refractivity contribution in [3.63, 3.8) is 0 Å². The molecule has 5 N–H and O–H groups in total. The van der Waals surface area contributed by atoms with Gasteiger partial charge in [-0.3, -0.25) is 19.2 Å². The molecule has 2 rings (SSSR count). The highest BCUT2D eigenvalue weighted by atomic mass is 35.5. The van der Waals surface area contributed by atoms with E-state index in [9.17, 15) is 19.2 Å². The van der Waals surface area contributed by atoms with Gasteiger partial charge in [-0.25, -0.2) is 4.98 Å². The van der Waals surface area contributed by atoms with Crippen LogP contribution in [0.25, 0.3) is 0 Å². The summed E-state index contributed by atoms with van der Waals surface area (Å²) >= 11 is 7.57. The maximum absolute atomic E-state index is 12.5. The van der Waals surface area contributed by atoms with Crippen LogP contribution in [-0.4, -0.2) is 64.5 Å². The van der Waals surface area contributed by atoms with Gasteiger partial charge in [0.05, 0.1) is 5.75 Å². The monoisotopic (exact) mass is 434 g/mol. The fourth-order valence-electron chi connectivity index (χ4n) is 1.90. The second kappa shape index (κ2) is 9.53. The number of rotatable bonds is 9. The molecule has 14 heteroatoms. The average Bonchev–Trinajstić information content (AvgIpc) is 3.08. The quantitative estimate of drug-likeness (QED) is 0.164. The molecule has 1 aromatic rings. The molecular weight excluding hydrogens is 420 g/mol. The summed E-state index contributed by atoms with van der Waals surface area (Å²) in [5.41, 5.74) is 5.03. The summed E-state index contributed by atoms with van der Waals surface area (Å²) in [6, 6.07) is -0.863. The summed E-state index contributed by atoms with van der Waals surface area (Å²) in [6.45, 7) is 0. The standard InChI is InChI=1S/C13H15ClN6O5S2/c1-25-20-8(5-3-27-13(16-5)17-7(22)2-14)10(23)18-9-11(24)19-12(9)26-4-6(15)21/h3,9,12H,2,4H2,1H3,(H2,15,21)(H,18,23)(H,19,24)(H,16,17,22)/t9-,12+/m1/s1. The maximum Gasteiger partial charge on any atom is 0.276 e. The van der Waals surface area contributed by atoms with Crippen molar-refractivity contribution in [1.82, 2.24) is 15.6 Å². The lowest BCUT2D eigenvalue weighted by molar-refractivity contribution is -0.132. The molecular formula is C13H15ClN6O5S2. The van der Waals surface area contributed by atoms with E-state index in [0.29, 0.717) is 0 Å². The van der Waals surface area contributed by atoms with E-state index in [4.69, 9.17) is 17.3 Å². The van der Waals surface area contributed by atoms with Gasteiger partial charge in [0.1, 0.15) is 30.1 Å². The number of nitrogens with zero attached hydrogens (tertiary/aromatic N) is 2. The van der Waals surface area contributed by atoms with Gasteiger partial charge < -0.3 is 26.5 Å². The van der Waals surface area contributed by atoms with Gasteiger partial charge in [0.2, 0.25) is 17.7 Å². The fourth-order valence-corrected chi connectivity index (χ4v) is 3.61. The van der Waals surface area contributed by atoms with Crippen molar-refractivity contribution in [1.29, 1.82) is 0 Å². The van der Waals surface area contributed by atoms with E-state index < -0.39 is 35.0 Å². The average molecular weight is 435 g/mol. The van der Waals surface area contributed by atoms with Gasteiger partial charge in [-0.05, 0) is 0 Å². The molecule has 0 aliphatic carbocycles. The third-order valence-corrected chi connectivity index (χ3v) is 5.27. The summed E-state index contributed by atoms with van der Waals surface area (Å²) in [7, 11) is 1.25. The Morgan fingerprint density at radius 3 is 2.85 bits per heavy atom. The lowest BCUT2D eigenvalue weighted by Gasteiger charge is -2.36. The van der Waals surface area contributed by atoms with Gasteiger partial charge in [-0.2, -0.15) is 0 Å². The number of β-lactam (4-membered cyclic amide) rings is 1. The lowest BCUT2D eigenvalue weighted by atomic mass is 10.1. The molecule has 0 saturated carbocycles. The number of alkyl halides is 1. The Bertz CT molecular complexity index is 785. The minimum absolute atomic E-state index is 0.00789. The molecule has 1 aromatic heterocycles. The maximum atomic E-state index is 12.5. The van der Waals surface area contributed by atoms with Gasteiger partial charge in [0.15, 0.2) is 10.8 Å². The van der Waals surface area contributed by atoms with Crippen molar-refractivity contribution < 1.29 is 24.0 Å². The summed E-state index contributed by atoms with van der Waals surface area (Å²) in [4.78, 5) is 55.1. The van der Waals surface area contributed by atoms with Gasteiger partial charge in [-0.1, -0.05) is 5.16 Å². The molecule has 1 fully saturated rings. The first-order chi connectivity index (χ1) is 12.8. The van der Waals surface area contributed by atoms with Crippen molar-refractivity contribution in [2.45, 2.75) is 11.4 Å². The molecule has 0 radical (unpaired) electrons. The number of primary amides is 1. The first-order valence-corrected chi connectivity index (χ1v) is 9.76. The molecule has 1 aliphatic rings. The SMILES string of the molecule is CON=C(C(=O)N[C@@H]1C(=O)N[C@H]1SCC(N)=O)c1csc(NC(=O)CCl)n1. The Morgan fingerprint density at radius 2 is 2.26 bits per heavy atom. The summed E-state index contributed by atoms with van der Waals surface area (Å²) in [6.07, 6.45) is 0. The number of hydrogen-bond donors (Lipinski definition) is 4. The number of halogens is 1. The molecule has 11 nitrogen and oxygen atoms in total. The van der Waals surface area contributed by atoms with Crippen LogP contribution < -0.4 is 21.7 Å². The summed E-state index contributed by atoms with van der Waals surface area (Å²) < 4.78 is 0. The molecule has 0 aromatic carbocycles. The van der Waals surface area contributed by atoms with E-state index in [0.717, 1.165) is 23.1 Å². The first-order valence-electron chi connectivity index (χ1n) is 7.29. The third-order valence-electron chi connectivity index (χ3n) is 3.07. The third kappa shape index (κ3) is 5.55. The van der Waals surface area contributed by atoms with E-state index in [2.05, 4.69) is 30.9 Å². The number of thiazole rings is 1. The van der Waals surface area contributed by atoms with E-state index in [-0.39, 0.29) is 28.2 Å². The molecule has 2 atom stereocenters. The zero-order valence-corrected chi connectivity index (χ0v) is 16.2. The Morgan fingerprint density at radius 1 is 1.52 bits per heavy atom. The predicted molar refractivity (Wildman–Crippen MR) is 101 cm³/mol. The van der Waals surface area contributed by atoms with Crippen molar-refractivity contribution in [3.8, 4) is 0 Å². The van der Waals surface area contributed by atoms with E-state index in [1.807, 2.05) is 0 Å². The van der Waals surface area contributed by atoms with Crippen LogP contribution in [0.3, 0.4) is 0 Å². The van der Waals surface area contributed by atoms with E-state index in [1.165, 1.54) is 12.5 Å². The van der Waals surface area contributed by atoms with Crippen LogP contribution in [0, 0.1) is 0 Å². The molecule has 1 saturated heterocycles. The Hall–Kier alpha value is -2.38. The number of carbonyl (C=O) groups excluding carboxylic acids is 4. The second-order valence-electron chi connectivity index (χ2n) is 5.00. The Labute approximate surface area is 166 Å². The van der Waals surface area contributed by atoms with Crippen LogP contribution in [0.5, 0.6) is 0 Å². The second-order valence-corrected chi connectivity index (χ2v) is 7.26. The van der Waals surface area contributed by atoms with Crippen molar-refractivity contribution in [3.05, 3.63) is 11.1 Å². The molecule has 146 valence electrons. The van der Waals surface area contributed by atoms with Gasteiger partial charge in [0, 0.05) is 5.38 Å². The first kappa shape index (κ1) is 20.9. The van der Waals surface area contributed by atoms with Crippen molar-refractivity contribution in [2.75, 3.05) is 24.1 Å². The van der Waals surface area contributed by atoms with Crippen LogP contribution in [0.4, 0.5) is 5.13 Å². The van der Waals surface area contributed by atoms with Crippen LogP contribution in [0.1, 0.15) is 5.69 Å². The number of nitrogens with one attached hydrogen (secondary N) is 3. The predicted octanol–water partition coefficient (Wildman–Crippen LogP) is -1.17. The Kier molecular flexibility index (Phi) is 7.38. The fraction of sp³-hybridized carbons (Fsp3) is 0.385. The van der Waals surface area contributed by atoms with E-state index in [1.54, 1.807) is 0 Å². The van der Waals surface area contributed by atoms with Crippen molar-refractivity contribution in [2.24, 2.45) is 10.9 Å². The highest BCUT2D eigenvalue weighted by Gasteiger charge is 2.41. The smallest absolute Gasteiger partial charge is 0.276 e. The minimum Gasteiger partial charge on any atom is -0.398 e. The topological polar surface area (TPSA) is 165 Å². The van der Waals surface area contributed by atoms with Gasteiger partial charge in [-0.15, -0.1) is 34.7 Å². The summed E-state index contributed by atoms with van der Waals surface area (Å²) in [5.74, 6) is -2.35.